The first-order valence-electron chi connectivity index (χ1n) is 13.7. The predicted octanol–water partition coefficient (Wildman–Crippen LogP) is 7.40. The normalized spacial score (nSPS) is 13.1. The monoisotopic (exact) mass is 511 g/mol. The third kappa shape index (κ3) is 8.29. The summed E-state index contributed by atoms with van der Waals surface area (Å²) in [5.74, 6) is 0.678. The molecule has 0 atom stereocenters. The zero-order chi connectivity index (χ0) is 28.4. The highest BCUT2D eigenvalue weighted by Crippen LogP contribution is 2.41. The van der Waals surface area contributed by atoms with E-state index in [1.807, 2.05) is 0 Å². The van der Waals surface area contributed by atoms with Crippen LogP contribution in [0.3, 0.4) is 0 Å². The Morgan fingerprint density at radius 2 is 0.811 bits per heavy atom. The summed E-state index contributed by atoms with van der Waals surface area (Å²) in [6.45, 7) is 28.9. The summed E-state index contributed by atoms with van der Waals surface area (Å²) in [6.07, 6.45) is 0. The molecule has 2 aromatic rings. The molecule has 37 heavy (non-hydrogen) atoms. The quantitative estimate of drug-likeness (QED) is 0.189. The molecule has 0 saturated carbocycles. The molecule has 0 radical (unpaired) electrons. The topological polar surface area (TPSA) is 76.5 Å². The van der Waals surface area contributed by atoms with E-state index in [1.165, 1.54) is 11.1 Å². The molecule has 0 amide bonds. The summed E-state index contributed by atoms with van der Waals surface area (Å²) < 4.78 is 0. The summed E-state index contributed by atoms with van der Waals surface area (Å²) in [5, 5.41) is 32.2. The Kier molecular flexibility index (Phi) is 9.29. The van der Waals surface area contributed by atoms with Crippen molar-refractivity contribution < 1.29 is 10.2 Å². The zero-order valence-corrected chi connectivity index (χ0v) is 25.5. The number of phenolic OH excluding ortho intramolecular Hbond substituents is 2. The van der Waals surface area contributed by atoms with Crippen LogP contribution in [0.5, 0.6) is 11.5 Å². The molecule has 0 spiro atoms. The fourth-order valence-corrected chi connectivity index (χ4v) is 4.24. The molecule has 5 heteroatoms. The summed E-state index contributed by atoms with van der Waals surface area (Å²) in [5.41, 5.74) is 5.63. The van der Waals surface area contributed by atoms with Gasteiger partial charge in [-0.1, -0.05) is 95.2 Å². The Morgan fingerprint density at radius 3 is 1.08 bits per heavy atom. The van der Waals surface area contributed by atoms with E-state index in [4.69, 9.17) is 0 Å². The molecule has 0 bridgehead atoms. The van der Waals surface area contributed by atoms with Gasteiger partial charge >= 0.3 is 0 Å². The maximum atomic E-state index is 10.9. The first-order chi connectivity index (χ1) is 16.7. The third-order valence-electron chi connectivity index (χ3n) is 6.80. The minimum Gasteiger partial charge on any atom is -0.505 e. The van der Waals surface area contributed by atoms with Crippen LogP contribution in [0.1, 0.15) is 105 Å². The van der Waals surface area contributed by atoms with Crippen LogP contribution in [-0.4, -0.2) is 36.4 Å². The van der Waals surface area contributed by atoms with E-state index in [0.717, 1.165) is 35.6 Å². The lowest BCUT2D eigenvalue weighted by atomic mass is 9.79. The molecule has 0 aromatic heterocycles. The number of benzene rings is 2. The molecule has 0 fully saturated rings. The fraction of sp³-hybridized carbons (Fsp3) is 0.625. The number of anilines is 2. The number of hydrogen-bond acceptors (Lipinski definition) is 5. The van der Waals surface area contributed by atoms with Crippen molar-refractivity contribution in [1.82, 2.24) is 5.32 Å². The van der Waals surface area contributed by atoms with Crippen molar-refractivity contribution in [3.05, 3.63) is 46.5 Å². The second-order valence-corrected chi connectivity index (χ2v) is 14.4. The molecular weight excluding hydrogens is 458 g/mol. The Labute approximate surface area is 226 Å². The van der Waals surface area contributed by atoms with E-state index in [2.05, 4.69) is 123 Å². The van der Waals surface area contributed by atoms with E-state index in [0.29, 0.717) is 24.6 Å². The summed E-state index contributed by atoms with van der Waals surface area (Å²) in [7, 11) is 0. The lowest BCUT2D eigenvalue weighted by Gasteiger charge is -2.28. The molecule has 0 unspecified atom stereocenters. The predicted molar refractivity (Wildman–Crippen MR) is 161 cm³/mol. The second-order valence-electron chi connectivity index (χ2n) is 14.4. The third-order valence-corrected chi connectivity index (χ3v) is 6.80. The van der Waals surface area contributed by atoms with Crippen molar-refractivity contribution in [2.24, 2.45) is 0 Å². The average molecular weight is 512 g/mol. The first kappa shape index (κ1) is 30.8. The van der Waals surface area contributed by atoms with Gasteiger partial charge in [0.25, 0.3) is 0 Å². The van der Waals surface area contributed by atoms with Crippen LogP contribution in [-0.2, 0) is 21.7 Å². The molecule has 0 aliphatic carbocycles. The van der Waals surface area contributed by atoms with Crippen molar-refractivity contribution in [2.75, 3.05) is 36.8 Å². The van der Waals surface area contributed by atoms with Crippen LogP contribution in [0.25, 0.3) is 0 Å². The SMILES string of the molecule is CC(C)(C)c1cc(NCCNCCNc2cc(C(C)(C)C)cc(C(C)(C)C)c2O)c(O)c(C(C)(C)C)c1. The van der Waals surface area contributed by atoms with Crippen LogP contribution in [0, 0.1) is 0 Å². The Morgan fingerprint density at radius 1 is 0.486 bits per heavy atom. The van der Waals surface area contributed by atoms with Gasteiger partial charge in [-0.05, 0) is 44.9 Å². The molecular formula is C32H53N3O2. The van der Waals surface area contributed by atoms with Gasteiger partial charge < -0.3 is 26.2 Å². The standard InChI is InChI=1S/C32H53N3O2/c1-29(2,3)21-17-23(31(7,8)9)27(36)25(19-21)34-15-13-33-14-16-35-26-20-22(30(4,5)6)18-24(28(26)37)32(10,11)12/h17-20,33-37H,13-16H2,1-12H3. The molecule has 0 aliphatic heterocycles. The van der Waals surface area contributed by atoms with Crippen LogP contribution in [0.4, 0.5) is 11.4 Å². The Hall–Kier alpha value is -2.40. The van der Waals surface area contributed by atoms with Crippen LogP contribution in [0.2, 0.25) is 0 Å². The molecule has 208 valence electrons. The minimum atomic E-state index is -0.144. The van der Waals surface area contributed by atoms with Crippen molar-refractivity contribution >= 4 is 11.4 Å². The summed E-state index contributed by atoms with van der Waals surface area (Å²) >= 11 is 0. The van der Waals surface area contributed by atoms with E-state index in [9.17, 15) is 10.2 Å². The number of nitrogens with one attached hydrogen (secondary N) is 3. The molecule has 5 nitrogen and oxygen atoms in total. The molecule has 5 N–H and O–H groups in total. The van der Waals surface area contributed by atoms with Gasteiger partial charge in [-0.15, -0.1) is 0 Å². The second kappa shape index (κ2) is 11.1. The number of phenols is 2. The highest BCUT2D eigenvalue weighted by molar-refractivity contribution is 5.64. The van der Waals surface area contributed by atoms with Gasteiger partial charge in [0.05, 0.1) is 11.4 Å². The lowest BCUT2D eigenvalue weighted by molar-refractivity contribution is 0.446. The molecule has 0 saturated heterocycles. The Balaban J connectivity index is 2.00. The number of rotatable bonds is 8. The van der Waals surface area contributed by atoms with Crippen molar-refractivity contribution in [3.8, 4) is 11.5 Å². The highest BCUT2D eigenvalue weighted by atomic mass is 16.3. The Bertz CT molecular complexity index is 976. The van der Waals surface area contributed by atoms with Crippen LogP contribution in [0.15, 0.2) is 24.3 Å². The lowest BCUT2D eigenvalue weighted by Crippen LogP contribution is -2.28. The van der Waals surface area contributed by atoms with Gasteiger partial charge in [0.2, 0.25) is 0 Å². The maximum Gasteiger partial charge on any atom is 0.142 e. The maximum absolute atomic E-state index is 10.9. The molecule has 0 aliphatic rings. The van der Waals surface area contributed by atoms with Crippen molar-refractivity contribution in [1.29, 1.82) is 0 Å². The van der Waals surface area contributed by atoms with E-state index in [-0.39, 0.29) is 21.7 Å². The van der Waals surface area contributed by atoms with Crippen LogP contribution >= 0.6 is 0 Å². The molecule has 2 aromatic carbocycles. The van der Waals surface area contributed by atoms with Gasteiger partial charge in [0, 0.05) is 37.3 Å². The first-order valence-corrected chi connectivity index (χ1v) is 13.7. The number of hydrogen-bond donors (Lipinski definition) is 5. The van der Waals surface area contributed by atoms with Gasteiger partial charge in [-0.2, -0.15) is 0 Å². The average Bonchev–Trinajstić information content (AvgIpc) is 2.71. The van der Waals surface area contributed by atoms with Gasteiger partial charge in [-0.25, -0.2) is 0 Å². The van der Waals surface area contributed by atoms with E-state index >= 15 is 0 Å². The summed E-state index contributed by atoms with van der Waals surface area (Å²) in [6, 6.07) is 8.42. The van der Waals surface area contributed by atoms with Gasteiger partial charge in [0.1, 0.15) is 11.5 Å². The van der Waals surface area contributed by atoms with Crippen LogP contribution < -0.4 is 16.0 Å². The van der Waals surface area contributed by atoms with E-state index in [1.54, 1.807) is 0 Å². The fourth-order valence-electron chi connectivity index (χ4n) is 4.24. The minimum absolute atomic E-state index is 0.00322. The largest absolute Gasteiger partial charge is 0.505 e. The van der Waals surface area contributed by atoms with E-state index < -0.39 is 0 Å². The number of aromatic hydroxyl groups is 2. The van der Waals surface area contributed by atoms with Gasteiger partial charge in [-0.3, -0.25) is 0 Å². The van der Waals surface area contributed by atoms with Crippen molar-refractivity contribution in [2.45, 2.75) is 105 Å². The zero-order valence-electron chi connectivity index (χ0n) is 25.5. The van der Waals surface area contributed by atoms with Gasteiger partial charge in [0.15, 0.2) is 0 Å². The smallest absolute Gasteiger partial charge is 0.142 e. The summed E-state index contributed by atoms with van der Waals surface area (Å²) in [4.78, 5) is 0. The van der Waals surface area contributed by atoms with Crippen molar-refractivity contribution in [3.63, 3.8) is 0 Å². The molecule has 2 rings (SSSR count). The molecule has 0 heterocycles. The highest BCUT2D eigenvalue weighted by Gasteiger charge is 2.26.